The number of phosphoric acid groups is 1. The SMILES string of the molecule is Cc1cc2c(c(C(C)(C)C)c1)OP(=O)(OCCCc1cc(C(C)(C)C)c(O)c(C(C)(C)C)c1)Oc1c(cc(C)cc1C(C)(C)C)C2. The summed E-state index contributed by atoms with van der Waals surface area (Å²) in [6.45, 7) is 29.9. The van der Waals surface area contributed by atoms with Crippen molar-refractivity contribution >= 4 is 7.82 Å². The lowest BCUT2D eigenvalue weighted by atomic mass is 9.78. The minimum atomic E-state index is -4.11. The van der Waals surface area contributed by atoms with Gasteiger partial charge in [-0.25, -0.2) is 4.57 Å². The fraction of sp³-hybridized carbons (Fsp3) is 0.550. The molecule has 252 valence electrons. The van der Waals surface area contributed by atoms with Crippen LogP contribution < -0.4 is 9.05 Å². The summed E-state index contributed by atoms with van der Waals surface area (Å²) in [5.41, 5.74) is 8.24. The lowest BCUT2D eigenvalue weighted by Crippen LogP contribution is -2.20. The number of phosphoric ester groups is 1. The summed E-state index contributed by atoms with van der Waals surface area (Å²) in [5, 5.41) is 11.2. The van der Waals surface area contributed by atoms with Crippen molar-refractivity contribution in [2.45, 2.75) is 138 Å². The summed E-state index contributed by atoms with van der Waals surface area (Å²) in [6, 6.07) is 12.7. The van der Waals surface area contributed by atoms with Crippen molar-refractivity contribution in [1.29, 1.82) is 0 Å². The Kier molecular flexibility index (Phi) is 9.70. The molecule has 0 atom stereocenters. The first-order chi connectivity index (χ1) is 20.9. The van der Waals surface area contributed by atoms with Gasteiger partial charge in [-0.2, -0.15) is 0 Å². The number of phenolic OH excluding ortho intramolecular Hbond substituents is 1. The molecule has 0 bridgehead atoms. The summed E-state index contributed by atoms with van der Waals surface area (Å²) in [7, 11) is -4.11. The first-order valence-electron chi connectivity index (χ1n) is 16.7. The van der Waals surface area contributed by atoms with Crippen LogP contribution >= 0.6 is 7.82 Å². The fourth-order valence-corrected chi connectivity index (χ4v) is 7.60. The van der Waals surface area contributed by atoms with Gasteiger partial charge in [0.15, 0.2) is 0 Å². The minimum Gasteiger partial charge on any atom is -0.507 e. The van der Waals surface area contributed by atoms with Crippen LogP contribution in [0, 0.1) is 13.8 Å². The van der Waals surface area contributed by atoms with Gasteiger partial charge in [-0.15, -0.1) is 0 Å². The van der Waals surface area contributed by atoms with Crippen LogP contribution in [-0.4, -0.2) is 11.7 Å². The van der Waals surface area contributed by atoms with E-state index in [1.54, 1.807) is 0 Å². The van der Waals surface area contributed by atoms with Crippen LogP contribution in [0.3, 0.4) is 0 Å². The average Bonchev–Trinajstić information content (AvgIpc) is 2.86. The van der Waals surface area contributed by atoms with E-state index in [1.807, 2.05) is 0 Å². The molecule has 1 aliphatic heterocycles. The van der Waals surface area contributed by atoms with Gasteiger partial charge in [-0.1, -0.05) is 131 Å². The Morgan fingerprint density at radius 2 is 1.04 bits per heavy atom. The summed E-state index contributed by atoms with van der Waals surface area (Å²) in [4.78, 5) is 0. The highest BCUT2D eigenvalue weighted by Gasteiger charge is 2.39. The highest BCUT2D eigenvalue weighted by Crippen LogP contribution is 2.57. The van der Waals surface area contributed by atoms with Gasteiger partial charge < -0.3 is 14.2 Å². The molecule has 0 saturated heterocycles. The summed E-state index contributed by atoms with van der Waals surface area (Å²) >= 11 is 0. The van der Waals surface area contributed by atoms with Crippen LogP contribution in [0.1, 0.15) is 140 Å². The van der Waals surface area contributed by atoms with Crippen molar-refractivity contribution in [2.24, 2.45) is 0 Å². The molecule has 0 spiro atoms. The van der Waals surface area contributed by atoms with Gasteiger partial charge in [0.1, 0.15) is 17.2 Å². The monoisotopic (exact) mass is 648 g/mol. The number of phenols is 1. The van der Waals surface area contributed by atoms with E-state index in [1.165, 1.54) is 0 Å². The zero-order chi connectivity index (χ0) is 34.6. The van der Waals surface area contributed by atoms with Gasteiger partial charge in [0.2, 0.25) is 0 Å². The van der Waals surface area contributed by atoms with E-state index >= 15 is 0 Å². The summed E-state index contributed by atoms with van der Waals surface area (Å²) in [5.74, 6) is 1.55. The molecule has 1 aliphatic rings. The number of aromatic hydroxyl groups is 1. The van der Waals surface area contributed by atoms with Crippen molar-refractivity contribution < 1.29 is 23.2 Å². The maximum Gasteiger partial charge on any atom is 0.587 e. The standard InChI is InChI=1S/C40H57O5P/c1-25-18-28-24-29-19-26(2)21-33(40(12,13)14)36(29)45-46(42,44-35(28)32(20-25)39(9,10)11)43-17-15-16-27-22-30(37(3,4)5)34(41)31(23-27)38(6,7)8/h18-23,41H,15-17,24H2,1-14H3. The Labute approximate surface area is 278 Å². The highest BCUT2D eigenvalue weighted by atomic mass is 31.2. The second kappa shape index (κ2) is 12.4. The number of fused-ring (bicyclic) bond motifs is 2. The Balaban J connectivity index is 1.74. The molecule has 0 amide bonds. The summed E-state index contributed by atoms with van der Waals surface area (Å²) < 4.78 is 33.9. The number of hydrogen-bond acceptors (Lipinski definition) is 5. The van der Waals surface area contributed by atoms with Crippen molar-refractivity contribution in [3.8, 4) is 17.2 Å². The molecule has 0 saturated carbocycles. The molecule has 0 unspecified atom stereocenters. The van der Waals surface area contributed by atoms with Crippen LogP contribution in [0.5, 0.6) is 17.2 Å². The van der Waals surface area contributed by atoms with Crippen molar-refractivity contribution in [2.75, 3.05) is 6.61 Å². The van der Waals surface area contributed by atoms with E-state index in [-0.39, 0.29) is 28.3 Å². The number of benzene rings is 3. The maximum atomic E-state index is 14.8. The molecule has 3 aromatic rings. The molecule has 5 nitrogen and oxygen atoms in total. The average molecular weight is 649 g/mol. The second-order valence-electron chi connectivity index (χ2n) is 17.4. The molecule has 3 aromatic carbocycles. The van der Waals surface area contributed by atoms with Gasteiger partial charge >= 0.3 is 7.82 Å². The normalized spacial score (nSPS) is 15.3. The van der Waals surface area contributed by atoms with E-state index in [4.69, 9.17) is 13.6 Å². The maximum absolute atomic E-state index is 14.8. The predicted molar refractivity (Wildman–Crippen MR) is 191 cm³/mol. The predicted octanol–water partition coefficient (Wildman–Crippen LogP) is 11.3. The Morgan fingerprint density at radius 1 is 0.652 bits per heavy atom. The smallest absolute Gasteiger partial charge is 0.507 e. The van der Waals surface area contributed by atoms with Crippen molar-refractivity contribution in [3.63, 3.8) is 0 Å². The third-order valence-corrected chi connectivity index (χ3v) is 9.98. The third kappa shape index (κ3) is 8.03. The second-order valence-corrected chi connectivity index (χ2v) is 18.9. The molecule has 1 heterocycles. The molecule has 46 heavy (non-hydrogen) atoms. The molecular weight excluding hydrogens is 591 g/mol. The van der Waals surface area contributed by atoms with Crippen LogP contribution in [-0.2, 0) is 43.6 Å². The zero-order valence-electron chi connectivity index (χ0n) is 30.8. The number of hydrogen-bond donors (Lipinski definition) is 1. The summed E-state index contributed by atoms with van der Waals surface area (Å²) in [6.07, 6.45) is 1.90. The molecule has 0 aliphatic carbocycles. The van der Waals surface area contributed by atoms with Gasteiger partial charge in [-0.05, 0) is 76.2 Å². The van der Waals surface area contributed by atoms with Gasteiger partial charge in [0.25, 0.3) is 0 Å². The minimum absolute atomic E-state index is 0.186. The van der Waals surface area contributed by atoms with Crippen LogP contribution in [0.15, 0.2) is 36.4 Å². The molecule has 6 heteroatoms. The first kappa shape index (κ1) is 36.1. The fourth-order valence-electron chi connectivity index (χ4n) is 6.22. The molecule has 0 radical (unpaired) electrons. The van der Waals surface area contributed by atoms with Crippen LogP contribution in [0.2, 0.25) is 0 Å². The Bertz CT molecular complexity index is 1540. The first-order valence-corrected chi connectivity index (χ1v) is 18.1. The van der Waals surface area contributed by atoms with E-state index in [0.717, 1.165) is 50.1 Å². The Hall–Kier alpha value is -2.75. The van der Waals surface area contributed by atoms with Crippen molar-refractivity contribution in [3.05, 3.63) is 86.5 Å². The molecule has 0 aromatic heterocycles. The van der Waals surface area contributed by atoms with Crippen LogP contribution in [0.4, 0.5) is 0 Å². The number of aryl methyl sites for hydroxylation is 3. The zero-order valence-corrected chi connectivity index (χ0v) is 31.7. The van der Waals surface area contributed by atoms with E-state index in [0.29, 0.717) is 36.5 Å². The number of rotatable bonds is 5. The van der Waals surface area contributed by atoms with E-state index in [2.05, 4.69) is 133 Å². The van der Waals surface area contributed by atoms with Crippen LogP contribution in [0.25, 0.3) is 0 Å². The Morgan fingerprint density at radius 3 is 1.41 bits per heavy atom. The topological polar surface area (TPSA) is 65.0 Å². The molecule has 1 N–H and O–H groups in total. The van der Waals surface area contributed by atoms with Gasteiger partial charge in [-0.3, -0.25) is 4.52 Å². The lowest BCUT2D eigenvalue weighted by Gasteiger charge is -2.32. The quantitative estimate of drug-likeness (QED) is 0.220. The lowest BCUT2D eigenvalue weighted by molar-refractivity contribution is 0.203. The third-order valence-electron chi connectivity index (χ3n) is 8.67. The van der Waals surface area contributed by atoms with Gasteiger partial charge in [0.05, 0.1) is 6.61 Å². The molecule has 4 rings (SSSR count). The van der Waals surface area contributed by atoms with E-state index < -0.39 is 7.82 Å². The molecule has 0 fully saturated rings. The van der Waals surface area contributed by atoms with Gasteiger partial charge in [0, 0.05) is 17.5 Å². The molecular formula is C40H57O5P. The highest BCUT2D eigenvalue weighted by molar-refractivity contribution is 7.49. The van der Waals surface area contributed by atoms with E-state index in [9.17, 15) is 9.67 Å². The van der Waals surface area contributed by atoms with Crippen molar-refractivity contribution in [1.82, 2.24) is 0 Å². The largest absolute Gasteiger partial charge is 0.587 e.